The summed E-state index contributed by atoms with van der Waals surface area (Å²) in [4.78, 5) is 4.06. The summed E-state index contributed by atoms with van der Waals surface area (Å²) in [6.07, 6.45) is 1.21. The van der Waals surface area contributed by atoms with Gasteiger partial charge in [0.05, 0.1) is 11.9 Å². The van der Waals surface area contributed by atoms with Crippen LogP contribution in [0.5, 0.6) is 0 Å². The van der Waals surface area contributed by atoms with Gasteiger partial charge in [0, 0.05) is 11.4 Å². The van der Waals surface area contributed by atoms with E-state index in [-0.39, 0.29) is 11.7 Å². The zero-order valence-corrected chi connectivity index (χ0v) is 8.71. The maximum atomic E-state index is 12.9. The largest absolute Gasteiger partial charge is 0.253 e. The van der Waals surface area contributed by atoms with Gasteiger partial charge in [-0.3, -0.25) is 4.98 Å². The molecule has 0 N–H and O–H groups in total. The molecule has 0 saturated carbocycles. The molecule has 0 fully saturated rings. The summed E-state index contributed by atoms with van der Waals surface area (Å²) in [7, 11) is 0. The highest BCUT2D eigenvalue weighted by molar-refractivity contribution is 6.17. The Morgan fingerprint density at radius 1 is 1.20 bits per heavy atom. The first-order chi connectivity index (χ1) is 7.31. The molecule has 0 aliphatic heterocycles. The number of hydrogen-bond donors (Lipinski definition) is 0. The van der Waals surface area contributed by atoms with Crippen LogP contribution in [0.15, 0.2) is 42.6 Å². The molecule has 2 aromatic rings. The highest BCUT2D eigenvalue weighted by Gasteiger charge is 2.06. The van der Waals surface area contributed by atoms with Crippen LogP contribution in [0.4, 0.5) is 4.39 Å². The Morgan fingerprint density at radius 3 is 2.60 bits per heavy atom. The van der Waals surface area contributed by atoms with Gasteiger partial charge in [0.15, 0.2) is 0 Å². The second-order valence-corrected chi connectivity index (χ2v) is 3.43. The first-order valence-electron chi connectivity index (χ1n) is 4.57. The van der Waals surface area contributed by atoms with E-state index in [1.807, 2.05) is 30.3 Å². The lowest BCUT2D eigenvalue weighted by atomic mass is 10.1. The molecule has 1 aromatic carbocycles. The van der Waals surface area contributed by atoms with Crippen molar-refractivity contribution in [1.29, 1.82) is 0 Å². The molecule has 0 bridgehead atoms. The van der Waals surface area contributed by atoms with E-state index in [9.17, 15) is 4.39 Å². The molecule has 0 spiro atoms. The minimum Gasteiger partial charge on any atom is -0.253 e. The Bertz CT molecular complexity index is 456. The molecular weight excluding hydrogens is 213 g/mol. The van der Waals surface area contributed by atoms with E-state index in [0.717, 1.165) is 11.3 Å². The van der Waals surface area contributed by atoms with Crippen molar-refractivity contribution < 1.29 is 4.39 Å². The second-order valence-electron chi connectivity index (χ2n) is 3.16. The SMILES string of the molecule is Fc1cnc(-c2ccccc2)c(CCl)c1. The average molecular weight is 222 g/mol. The molecule has 0 unspecified atom stereocenters. The quantitative estimate of drug-likeness (QED) is 0.706. The van der Waals surface area contributed by atoms with Gasteiger partial charge in [-0.2, -0.15) is 0 Å². The fraction of sp³-hybridized carbons (Fsp3) is 0.0833. The Morgan fingerprint density at radius 2 is 1.93 bits per heavy atom. The molecule has 0 saturated heterocycles. The van der Waals surface area contributed by atoms with Crippen molar-refractivity contribution in [2.45, 2.75) is 5.88 Å². The van der Waals surface area contributed by atoms with Crippen LogP contribution in [0.2, 0.25) is 0 Å². The number of rotatable bonds is 2. The van der Waals surface area contributed by atoms with Crippen LogP contribution in [-0.4, -0.2) is 4.98 Å². The Hall–Kier alpha value is -1.41. The Kier molecular flexibility index (Phi) is 2.97. The summed E-state index contributed by atoms with van der Waals surface area (Å²) >= 11 is 5.75. The van der Waals surface area contributed by atoms with Gasteiger partial charge in [0.25, 0.3) is 0 Å². The molecule has 0 atom stereocenters. The van der Waals surface area contributed by atoms with Gasteiger partial charge in [-0.1, -0.05) is 30.3 Å². The fourth-order valence-corrected chi connectivity index (χ4v) is 1.64. The molecule has 76 valence electrons. The van der Waals surface area contributed by atoms with Crippen molar-refractivity contribution in [3.8, 4) is 11.3 Å². The number of nitrogens with zero attached hydrogens (tertiary/aromatic N) is 1. The highest BCUT2D eigenvalue weighted by Crippen LogP contribution is 2.22. The van der Waals surface area contributed by atoms with E-state index in [1.54, 1.807) is 0 Å². The van der Waals surface area contributed by atoms with Gasteiger partial charge in [-0.15, -0.1) is 11.6 Å². The highest BCUT2D eigenvalue weighted by atomic mass is 35.5. The number of alkyl halides is 1. The summed E-state index contributed by atoms with van der Waals surface area (Å²) in [5, 5.41) is 0. The molecule has 1 nitrogen and oxygen atoms in total. The third-order valence-corrected chi connectivity index (χ3v) is 2.41. The lowest BCUT2D eigenvalue weighted by molar-refractivity contribution is 0.620. The molecule has 1 aromatic heterocycles. The zero-order chi connectivity index (χ0) is 10.7. The monoisotopic (exact) mass is 221 g/mol. The predicted octanol–water partition coefficient (Wildman–Crippen LogP) is 3.63. The van der Waals surface area contributed by atoms with Gasteiger partial charge in [0.1, 0.15) is 5.82 Å². The summed E-state index contributed by atoms with van der Waals surface area (Å²) in [6.45, 7) is 0. The summed E-state index contributed by atoms with van der Waals surface area (Å²) in [5.74, 6) is -0.0973. The van der Waals surface area contributed by atoms with Gasteiger partial charge >= 0.3 is 0 Å². The molecule has 0 aliphatic rings. The lowest BCUT2D eigenvalue weighted by Crippen LogP contribution is -1.92. The van der Waals surface area contributed by atoms with Crippen molar-refractivity contribution in [1.82, 2.24) is 4.98 Å². The van der Waals surface area contributed by atoms with Crippen LogP contribution in [0.25, 0.3) is 11.3 Å². The van der Waals surface area contributed by atoms with Crippen molar-refractivity contribution in [3.63, 3.8) is 0 Å². The number of halogens is 2. The standard InChI is InChI=1S/C12H9ClFN/c13-7-10-6-11(14)8-15-12(10)9-4-2-1-3-5-9/h1-6,8H,7H2. The van der Waals surface area contributed by atoms with E-state index in [1.165, 1.54) is 12.3 Å². The molecule has 15 heavy (non-hydrogen) atoms. The summed E-state index contributed by atoms with van der Waals surface area (Å²) < 4.78 is 12.9. The Balaban J connectivity index is 2.53. The van der Waals surface area contributed by atoms with Crippen LogP contribution in [0.3, 0.4) is 0 Å². The smallest absolute Gasteiger partial charge is 0.141 e. The minimum atomic E-state index is -0.356. The van der Waals surface area contributed by atoms with E-state index < -0.39 is 0 Å². The van der Waals surface area contributed by atoms with Crippen LogP contribution < -0.4 is 0 Å². The van der Waals surface area contributed by atoms with Crippen molar-refractivity contribution in [2.24, 2.45) is 0 Å². The van der Waals surface area contributed by atoms with Crippen molar-refractivity contribution in [2.75, 3.05) is 0 Å². The molecule has 1 heterocycles. The van der Waals surface area contributed by atoms with E-state index in [4.69, 9.17) is 11.6 Å². The predicted molar refractivity (Wildman–Crippen MR) is 59.2 cm³/mol. The Labute approximate surface area is 92.5 Å². The van der Waals surface area contributed by atoms with Gasteiger partial charge in [-0.05, 0) is 11.6 Å². The molecule has 0 radical (unpaired) electrons. The lowest BCUT2D eigenvalue weighted by Gasteiger charge is -2.05. The first-order valence-corrected chi connectivity index (χ1v) is 5.10. The van der Waals surface area contributed by atoms with Gasteiger partial charge < -0.3 is 0 Å². The van der Waals surface area contributed by atoms with E-state index >= 15 is 0 Å². The molecule has 3 heteroatoms. The summed E-state index contributed by atoms with van der Waals surface area (Å²) in [6, 6.07) is 11.0. The van der Waals surface area contributed by atoms with Crippen molar-refractivity contribution in [3.05, 3.63) is 54.0 Å². The van der Waals surface area contributed by atoms with E-state index in [2.05, 4.69) is 4.98 Å². The van der Waals surface area contributed by atoms with Gasteiger partial charge in [-0.25, -0.2) is 4.39 Å². The number of hydrogen-bond acceptors (Lipinski definition) is 1. The maximum absolute atomic E-state index is 12.9. The average Bonchev–Trinajstić information content (AvgIpc) is 2.30. The third-order valence-electron chi connectivity index (χ3n) is 2.12. The zero-order valence-electron chi connectivity index (χ0n) is 7.95. The normalized spacial score (nSPS) is 10.3. The van der Waals surface area contributed by atoms with Gasteiger partial charge in [0.2, 0.25) is 0 Å². The second kappa shape index (κ2) is 4.41. The van der Waals surface area contributed by atoms with E-state index in [0.29, 0.717) is 5.56 Å². The van der Waals surface area contributed by atoms with Crippen molar-refractivity contribution >= 4 is 11.6 Å². The van der Waals surface area contributed by atoms with Crippen LogP contribution >= 0.6 is 11.6 Å². The third kappa shape index (κ3) is 2.16. The molecule has 0 amide bonds. The molecule has 2 rings (SSSR count). The fourth-order valence-electron chi connectivity index (χ4n) is 1.44. The number of benzene rings is 1. The maximum Gasteiger partial charge on any atom is 0.141 e. The topological polar surface area (TPSA) is 12.9 Å². The molecule has 0 aliphatic carbocycles. The summed E-state index contributed by atoms with van der Waals surface area (Å²) in [5.41, 5.74) is 2.41. The number of pyridine rings is 1. The van der Waals surface area contributed by atoms with Crippen LogP contribution in [-0.2, 0) is 5.88 Å². The first kappa shape index (κ1) is 10.1. The number of aromatic nitrogens is 1. The molecular formula is C12H9ClFN. The van der Waals surface area contributed by atoms with Crippen LogP contribution in [0, 0.1) is 5.82 Å². The minimum absolute atomic E-state index is 0.259. The van der Waals surface area contributed by atoms with Crippen LogP contribution in [0.1, 0.15) is 5.56 Å².